The van der Waals surface area contributed by atoms with Gasteiger partial charge in [0.1, 0.15) is 5.58 Å². The van der Waals surface area contributed by atoms with E-state index in [0.29, 0.717) is 11.0 Å². The van der Waals surface area contributed by atoms with E-state index in [1.165, 1.54) is 5.56 Å². The van der Waals surface area contributed by atoms with Crippen LogP contribution >= 0.6 is 0 Å². The smallest absolute Gasteiger partial charge is 0.344 e. The minimum atomic E-state index is -0.321. The van der Waals surface area contributed by atoms with Crippen molar-refractivity contribution in [2.24, 2.45) is 0 Å². The van der Waals surface area contributed by atoms with Gasteiger partial charge in [-0.2, -0.15) is 0 Å². The fraction of sp³-hybridized carbons (Fsp3) is 0. The van der Waals surface area contributed by atoms with Crippen molar-refractivity contribution in [3.05, 3.63) is 150 Å². The van der Waals surface area contributed by atoms with E-state index in [9.17, 15) is 4.79 Å². The molecule has 3 heteroatoms. The first-order chi connectivity index (χ1) is 19.8. The van der Waals surface area contributed by atoms with Gasteiger partial charge in [-0.25, -0.2) is 4.79 Å². The van der Waals surface area contributed by atoms with Gasteiger partial charge in [0.05, 0.1) is 16.4 Å². The summed E-state index contributed by atoms with van der Waals surface area (Å²) in [4.78, 5) is 13.2. The van der Waals surface area contributed by atoms with Gasteiger partial charge in [-0.05, 0) is 47.0 Å². The van der Waals surface area contributed by atoms with E-state index in [4.69, 9.17) is 4.42 Å². The van der Waals surface area contributed by atoms with Crippen LogP contribution < -0.4 is 5.63 Å². The molecule has 2 aromatic heterocycles. The Morgan fingerprint density at radius 1 is 0.475 bits per heavy atom. The van der Waals surface area contributed by atoms with Crippen LogP contribution in [0, 0.1) is 0 Å². The van der Waals surface area contributed by atoms with Gasteiger partial charge >= 0.3 is 5.63 Å². The molecular formula is C37H23NO2. The summed E-state index contributed by atoms with van der Waals surface area (Å²) < 4.78 is 8.50. The Labute approximate surface area is 230 Å². The van der Waals surface area contributed by atoms with Gasteiger partial charge in [-0.1, -0.05) is 109 Å². The molecule has 0 saturated carbocycles. The zero-order valence-corrected chi connectivity index (χ0v) is 21.5. The second-order valence-corrected chi connectivity index (χ2v) is 10.1. The Balaban J connectivity index is 1.64. The number of benzene rings is 6. The van der Waals surface area contributed by atoms with Crippen LogP contribution in [-0.4, -0.2) is 4.57 Å². The van der Waals surface area contributed by atoms with Gasteiger partial charge < -0.3 is 8.98 Å². The van der Waals surface area contributed by atoms with Crippen LogP contribution in [0.5, 0.6) is 0 Å². The first-order valence-corrected chi connectivity index (χ1v) is 13.4. The average Bonchev–Trinajstić information content (AvgIpc) is 3.35. The molecule has 0 bridgehead atoms. The predicted molar refractivity (Wildman–Crippen MR) is 165 cm³/mol. The summed E-state index contributed by atoms with van der Waals surface area (Å²) in [5, 5.41) is 4.63. The molecule has 0 aliphatic rings. The number of hydrogen-bond donors (Lipinski definition) is 0. The molecule has 6 aromatic carbocycles. The monoisotopic (exact) mass is 513 g/mol. The molecule has 0 spiro atoms. The number of para-hydroxylation sites is 1. The lowest BCUT2D eigenvalue weighted by molar-refractivity contribution is 0.571. The van der Waals surface area contributed by atoms with Crippen LogP contribution in [-0.2, 0) is 0 Å². The van der Waals surface area contributed by atoms with Crippen LogP contribution in [0.4, 0.5) is 0 Å². The minimum Gasteiger partial charge on any atom is -0.422 e. The molecule has 0 aliphatic carbocycles. The molecule has 188 valence electrons. The topological polar surface area (TPSA) is 35.1 Å². The maximum absolute atomic E-state index is 13.2. The Hall–Kier alpha value is -5.41. The normalized spacial score (nSPS) is 11.6. The second-order valence-electron chi connectivity index (χ2n) is 10.1. The highest BCUT2D eigenvalue weighted by molar-refractivity contribution is 6.29. The van der Waals surface area contributed by atoms with Crippen molar-refractivity contribution < 1.29 is 4.42 Å². The van der Waals surface area contributed by atoms with Crippen LogP contribution in [0.15, 0.2) is 149 Å². The van der Waals surface area contributed by atoms with Crippen molar-refractivity contribution in [1.82, 2.24) is 4.57 Å². The molecule has 3 nitrogen and oxygen atoms in total. The molecule has 2 heterocycles. The lowest BCUT2D eigenvalue weighted by Gasteiger charge is -2.12. The van der Waals surface area contributed by atoms with Crippen molar-refractivity contribution in [1.29, 1.82) is 0 Å². The van der Waals surface area contributed by atoms with Gasteiger partial charge in [0, 0.05) is 32.8 Å². The van der Waals surface area contributed by atoms with Crippen LogP contribution in [0.2, 0.25) is 0 Å². The molecule has 0 amide bonds. The van der Waals surface area contributed by atoms with E-state index in [2.05, 4.69) is 89.5 Å². The first-order valence-electron chi connectivity index (χ1n) is 13.4. The van der Waals surface area contributed by atoms with E-state index in [-0.39, 0.29) is 5.63 Å². The predicted octanol–water partition coefficient (Wildman–Crippen LogP) is 9.38. The van der Waals surface area contributed by atoms with Crippen molar-refractivity contribution in [3.8, 4) is 27.9 Å². The van der Waals surface area contributed by atoms with Gasteiger partial charge in [-0.3, -0.25) is 0 Å². The van der Waals surface area contributed by atoms with Crippen LogP contribution in [0.1, 0.15) is 0 Å². The van der Waals surface area contributed by atoms with Gasteiger partial charge in [-0.15, -0.1) is 0 Å². The van der Waals surface area contributed by atoms with Gasteiger partial charge in [0.25, 0.3) is 0 Å². The third-order valence-electron chi connectivity index (χ3n) is 7.83. The minimum absolute atomic E-state index is 0.321. The Morgan fingerprint density at radius 3 is 1.82 bits per heavy atom. The zero-order chi connectivity index (χ0) is 26.6. The SMILES string of the molecule is O=c1oc2c(-c3ccccc3)cc3c(c4ccc(-c5ccccc5)cc4n3-c3ccccc3)c2c2ccccc12. The molecule has 0 unspecified atom stereocenters. The van der Waals surface area contributed by atoms with E-state index in [1.54, 1.807) is 0 Å². The fourth-order valence-electron chi connectivity index (χ4n) is 6.04. The number of aromatic nitrogens is 1. The van der Waals surface area contributed by atoms with Crippen molar-refractivity contribution in [3.63, 3.8) is 0 Å². The molecule has 0 saturated heterocycles. The molecule has 0 fully saturated rings. The lowest BCUT2D eigenvalue weighted by Crippen LogP contribution is -2.01. The molecule has 8 rings (SSSR count). The number of rotatable bonds is 3. The largest absolute Gasteiger partial charge is 0.422 e. The molecule has 0 atom stereocenters. The fourth-order valence-corrected chi connectivity index (χ4v) is 6.04. The van der Waals surface area contributed by atoms with Crippen molar-refractivity contribution in [2.45, 2.75) is 0 Å². The summed E-state index contributed by atoms with van der Waals surface area (Å²) in [6.45, 7) is 0. The highest BCUT2D eigenvalue weighted by atomic mass is 16.4. The summed E-state index contributed by atoms with van der Waals surface area (Å²) >= 11 is 0. The molecule has 40 heavy (non-hydrogen) atoms. The third-order valence-corrected chi connectivity index (χ3v) is 7.83. The highest BCUT2D eigenvalue weighted by Gasteiger charge is 2.22. The Bertz CT molecular complexity index is 2260. The maximum Gasteiger partial charge on any atom is 0.344 e. The summed E-state index contributed by atoms with van der Waals surface area (Å²) in [5.74, 6) is 0. The number of fused-ring (bicyclic) bond motifs is 7. The van der Waals surface area contributed by atoms with E-state index >= 15 is 0 Å². The molecule has 0 radical (unpaired) electrons. The van der Waals surface area contributed by atoms with Gasteiger partial charge in [0.2, 0.25) is 0 Å². The highest BCUT2D eigenvalue weighted by Crippen LogP contribution is 2.44. The van der Waals surface area contributed by atoms with Crippen LogP contribution in [0.3, 0.4) is 0 Å². The summed E-state index contributed by atoms with van der Waals surface area (Å²) in [7, 11) is 0. The Morgan fingerprint density at radius 2 is 1.10 bits per heavy atom. The average molecular weight is 514 g/mol. The maximum atomic E-state index is 13.2. The molecular weight excluding hydrogens is 490 g/mol. The summed E-state index contributed by atoms with van der Waals surface area (Å²) in [6.07, 6.45) is 0. The van der Waals surface area contributed by atoms with Crippen molar-refractivity contribution >= 4 is 43.5 Å². The molecule has 0 N–H and O–H groups in total. The lowest BCUT2D eigenvalue weighted by atomic mass is 9.95. The van der Waals surface area contributed by atoms with E-state index in [0.717, 1.165) is 55.0 Å². The van der Waals surface area contributed by atoms with Crippen molar-refractivity contribution in [2.75, 3.05) is 0 Å². The van der Waals surface area contributed by atoms with Crippen LogP contribution in [0.25, 0.3) is 71.5 Å². The zero-order valence-electron chi connectivity index (χ0n) is 21.5. The summed E-state index contributed by atoms with van der Waals surface area (Å²) in [6, 6.07) is 47.7. The summed E-state index contributed by atoms with van der Waals surface area (Å²) in [5.41, 5.74) is 7.75. The van der Waals surface area contributed by atoms with E-state index in [1.807, 2.05) is 54.6 Å². The Kier molecular flexibility index (Phi) is 4.98. The third kappa shape index (κ3) is 3.35. The quantitative estimate of drug-likeness (QED) is 0.174. The first kappa shape index (κ1) is 22.6. The van der Waals surface area contributed by atoms with Gasteiger partial charge in [0.15, 0.2) is 0 Å². The van der Waals surface area contributed by atoms with E-state index < -0.39 is 0 Å². The molecule has 8 aromatic rings. The number of hydrogen-bond acceptors (Lipinski definition) is 2. The molecule has 0 aliphatic heterocycles. The number of nitrogens with zero attached hydrogens (tertiary/aromatic N) is 1. The second kappa shape index (κ2) is 8.82. The standard InChI is InChI=1S/C37H23NO2/c39-37-29-19-11-10-18-28(29)35-34-30-21-20-26(24-12-4-1-5-13-24)22-32(30)38(27-16-8-3-9-17-27)33(34)23-31(36(35)40-37)25-14-6-2-7-15-25/h1-23H.